The summed E-state index contributed by atoms with van der Waals surface area (Å²) in [7, 11) is 0. The SMILES string of the molecule is CC(C)=C(C)c1c(C)c2nccn2c2cc(CC(F)(F)F)ccc12. The Hall–Kier alpha value is -2.30. The molecule has 3 aromatic rings. The van der Waals surface area contributed by atoms with Gasteiger partial charge in [-0.25, -0.2) is 4.98 Å². The summed E-state index contributed by atoms with van der Waals surface area (Å²) in [5.74, 6) is 0. The number of pyridine rings is 1. The van der Waals surface area contributed by atoms with Gasteiger partial charge in [-0.15, -0.1) is 0 Å². The summed E-state index contributed by atoms with van der Waals surface area (Å²) >= 11 is 0. The number of imidazole rings is 1. The van der Waals surface area contributed by atoms with Crippen molar-refractivity contribution in [2.24, 2.45) is 0 Å². The van der Waals surface area contributed by atoms with Crippen molar-refractivity contribution in [3.8, 4) is 0 Å². The lowest BCUT2D eigenvalue weighted by Crippen LogP contribution is -2.11. The zero-order valence-electron chi connectivity index (χ0n) is 14.1. The zero-order valence-corrected chi connectivity index (χ0v) is 14.1. The first kappa shape index (κ1) is 16.6. The molecule has 0 amide bonds. The predicted molar refractivity (Wildman–Crippen MR) is 91.1 cm³/mol. The molecule has 0 atom stereocenters. The average molecular weight is 332 g/mol. The normalized spacial score (nSPS) is 12.1. The lowest BCUT2D eigenvalue weighted by atomic mass is 9.94. The van der Waals surface area contributed by atoms with Gasteiger partial charge in [0.05, 0.1) is 11.9 Å². The highest BCUT2D eigenvalue weighted by Gasteiger charge is 2.28. The molecule has 3 rings (SSSR count). The quantitative estimate of drug-likeness (QED) is 0.587. The molecule has 5 heteroatoms. The summed E-state index contributed by atoms with van der Waals surface area (Å²) in [5, 5.41) is 0.947. The van der Waals surface area contributed by atoms with E-state index >= 15 is 0 Å². The Labute approximate surface area is 138 Å². The Kier molecular flexibility index (Phi) is 3.90. The number of hydrogen-bond donors (Lipinski definition) is 0. The van der Waals surface area contributed by atoms with Crippen molar-refractivity contribution in [1.29, 1.82) is 0 Å². The minimum atomic E-state index is -4.22. The lowest BCUT2D eigenvalue weighted by molar-refractivity contribution is -0.127. The third kappa shape index (κ3) is 2.79. The standard InChI is InChI=1S/C19H19F3N2/c1-11(2)12(3)17-13(4)18-23-7-8-24(18)16-9-14(5-6-15(16)17)10-19(20,21)22/h5-9H,10H2,1-4H3. The van der Waals surface area contributed by atoms with Crippen molar-refractivity contribution >= 4 is 22.1 Å². The maximum absolute atomic E-state index is 12.7. The van der Waals surface area contributed by atoms with E-state index in [0.717, 1.165) is 33.3 Å². The van der Waals surface area contributed by atoms with Crippen LogP contribution in [-0.2, 0) is 6.42 Å². The molecular formula is C19H19F3N2. The van der Waals surface area contributed by atoms with Crippen molar-refractivity contribution in [3.05, 3.63) is 52.9 Å². The minimum Gasteiger partial charge on any atom is -0.299 e. The molecule has 2 nitrogen and oxygen atoms in total. The monoisotopic (exact) mass is 332 g/mol. The average Bonchev–Trinajstić information content (AvgIpc) is 2.96. The van der Waals surface area contributed by atoms with Gasteiger partial charge in [-0.1, -0.05) is 17.7 Å². The van der Waals surface area contributed by atoms with Crippen LogP contribution in [0.3, 0.4) is 0 Å². The van der Waals surface area contributed by atoms with Crippen LogP contribution >= 0.6 is 0 Å². The molecule has 0 aliphatic rings. The summed E-state index contributed by atoms with van der Waals surface area (Å²) in [6.45, 7) is 8.12. The van der Waals surface area contributed by atoms with E-state index in [9.17, 15) is 13.2 Å². The molecule has 0 N–H and O–H groups in total. The number of allylic oxidation sites excluding steroid dienone is 2. The topological polar surface area (TPSA) is 17.3 Å². The van der Waals surface area contributed by atoms with E-state index in [0.29, 0.717) is 0 Å². The number of aryl methyl sites for hydroxylation is 1. The van der Waals surface area contributed by atoms with E-state index in [1.807, 2.05) is 32.1 Å². The van der Waals surface area contributed by atoms with Crippen LogP contribution in [0.4, 0.5) is 13.2 Å². The zero-order chi connectivity index (χ0) is 17.6. The molecule has 2 aromatic heterocycles. The fourth-order valence-electron chi connectivity index (χ4n) is 3.15. The second-order valence-electron chi connectivity index (χ2n) is 6.39. The number of benzene rings is 1. The number of halogens is 3. The maximum atomic E-state index is 12.7. The number of rotatable bonds is 2. The van der Waals surface area contributed by atoms with Crippen molar-refractivity contribution in [3.63, 3.8) is 0 Å². The molecule has 0 saturated carbocycles. The van der Waals surface area contributed by atoms with E-state index in [-0.39, 0.29) is 5.56 Å². The van der Waals surface area contributed by atoms with Crippen LogP contribution in [-0.4, -0.2) is 15.6 Å². The predicted octanol–water partition coefficient (Wildman–Crippen LogP) is 5.71. The molecule has 0 bridgehead atoms. The first-order chi connectivity index (χ1) is 11.2. The van der Waals surface area contributed by atoms with Gasteiger partial charge in [-0.3, -0.25) is 4.40 Å². The molecule has 0 radical (unpaired) electrons. The van der Waals surface area contributed by atoms with Gasteiger partial charge in [0, 0.05) is 23.3 Å². The van der Waals surface area contributed by atoms with E-state index in [4.69, 9.17) is 0 Å². The van der Waals surface area contributed by atoms with Crippen LogP contribution in [0.5, 0.6) is 0 Å². The lowest BCUT2D eigenvalue weighted by Gasteiger charge is -2.16. The molecule has 126 valence electrons. The molecule has 1 aromatic carbocycles. The summed E-state index contributed by atoms with van der Waals surface area (Å²) < 4.78 is 40.1. The largest absolute Gasteiger partial charge is 0.393 e. The molecule has 0 aliphatic heterocycles. The Morgan fingerprint density at radius 3 is 2.50 bits per heavy atom. The Morgan fingerprint density at radius 2 is 1.88 bits per heavy atom. The fraction of sp³-hybridized carbons (Fsp3) is 0.316. The van der Waals surface area contributed by atoms with E-state index in [1.165, 1.54) is 5.57 Å². The number of aromatic nitrogens is 2. The van der Waals surface area contributed by atoms with Crippen LogP contribution in [0, 0.1) is 6.92 Å². The number of alkyl halides is 3. The van der Waals surface area contributed by atoms with Crippen LogP contribution in [0.15, 0.2) is 36.2 Å². The van der Waals surface area contributed by atoms with Crippen LogP contribution in [0.2, 0.25) is 0 Å². The van der Waals surface area contributed by atoms with Gasteiger partial charge >= 0.3 is 6.18 Å². The Morgan fingerprint density at radius 1 is 1.17 bits per heavy atom. The van der Waals surface area contributed by atoms with Crippen molar-refractivity contribution < 1.29 is 13.2 Å². The van der Waals surface area contributed by atoms with Gasteiger partial charge in [0.1, 0.15) is 5.65 Å². The van der Waals surface area contributed by atoms with Crippen molar-refractivity contribution in [2.75, 3.05) is 0 Å². The molecular weight excluding hydrogens is 313 g/mol. The summed E-state index contributed by atoms with van der Waals surface area (Å²) in [4.78, 5) is 4.39. The van der Waals surface area contributed by atoms with E-state index in [2.05, 4.69) is 4.98 Å². The van der Waals surface area contributed by atoms with E-state index in [1.54, 1.807) is 30.6 Å². The Balaban J connectivity index is 2.39. The summed E-state index contributed by atoms with van der Waals surface area (Å²) in [6.07, 6.45) is -1.67. The van der Waals surface area contributed by atoms with Gasteiger partial charge in [0.25, 0.3) is 0 Å². The van der Waals surface area contributed by atoms with Gasteiger partial charge in [0.15, 0.2) is 0 Å². The third-order valence-electron chi connectivity index (χ3n) is 4.47. The maximum Gasteiger partial charge on any atom is 0.393 e. The second-order valence-corrected chi connectivity index (χ2v) is 6.39. The summed E-state index contributed by atoms with van der Waals surface area (Å²) in [6, 6.07) is 4.99. The number of nitrogens with zero attached hydrogens (tertiary/aromatic N) is 2. The highest BCUT2D eigenvalue weighted by molar-refractivity contribution is 5.96. The number of fused-ring (bicyclic) bond motifs is 3. The number of hydrogen-bond acceptors (Lipinski definition) is 1. The molecule has 0 saturated heterocycles. The van der Waals surface area contributed by atoms with Crippen LogP contribution in [0.1, 0.15) is 37.5 Å². The molecule has 0 fully saturated rings. The van der Waals surface area contributed by atoms with Gasteiger partial charge < -0.3 is 0 Å². The summed E-state index contributed by atoms with van der Waals surface area (Å²) in [5.41, 5.74) is 6.20. The third-order valence-corrected chi connectivity index (χ3v) is 4.47. The molecule has 0 unspecified atom stereocenters. The highest BCUT2D eigenvalue weighted by Crippen LogP contribution is 2.34. The molecule has 0 aliphatic carbocycles. The minimum absolute atomic E-state index is 0.259. The Bertz CT molecular complexity index is 958. The molecule has 24 heavy (non-hydrogen) atoms. The molecule has 0 spiro atoms. The van der Waals surface area contributed by atoms with Crippen LogP contribution < -0.4 is 0 Å². The fourth-order valence-corrected chi connectivity index (χ4v) is 3.15. The van der Waals surface area contributed by atoms with Crippen LogP contribution in [0.25, 0.3) is 22.1 Å². The first-order valence-electron chi connectivity index (χ1n) is 7.78. The van der Waals surface area contributed by atoms with E-state index < -0.39 is 12.6 Å². The van der Waals surface area contributed by atoms with Gasteiger partial charge in [0.2, 0.25) is 0 Å². The highest BCUT2D eigenvalue weighted by atomic mass is 19.4. The van der Waals surface area contributed by atoms with Gasteiger partial charge in [-0.05, 0) is 50.5 Å². The first-order valence-corrected chi connectivity index (χ1v) is 7.78. The van der Waals surface area contributed by atoms with Crippen molar-refractivity contribution in [2.45, 2.75) is 40.3 Å². The van der Waals surface area contributed by atoms with Crippen molar-refractivity contribution in [1.82, 2.24) is 9.38 Å². The molecule has 2 heterocycles. The smallest absolute Gasteiger partial charge is 0.299 e. The van der Waals surface area contributed by atoms with Gasteiger partial charge in [-0.2, -0.15) is 13.2 Å². The second kappa shape index (κ2) is 5.65.